The second kappa shape index (κ2) is 4.14. The van der Waals surface area contributed by atoms with Gasteiger partial charge in [0.1, 0.15) is 5.78 Å². The third-order valence-corrected chi connectivity index (χ3v) is 10.7. The summed E-state index contributed by atoms with van der Waals surface area (Å²) in [6.07, 6.45) is 3.34. The highest BCUT2D eigenvalue weighted by molar-refractivity contribution is 6.86. The molecule has 1 rings (SSSR count). The summed E-state index contributed by atoms with van der Waals surface area (Å²) in [6, 6.07) is 0. The Bertz CT molecular complexity index is 320. The van der Waals surface area contributed by atoms with E-state index in [1.54, 1.807) is 12.1 Å². The fourth-order valence-corrected chi connectivity index (χ4v) is 5.47. The smallest absolute Gasteiger partial charge is 0.133 e. The van der Waals surface area contributed by atoms with Gasteiger partial charge in [-0.1, -0.05) is 52.1 Å². The van der Waals surface area contributed by atoms with Crippen molar-refractivity contribution in [3.05, 3.63) is 11.3 Å². The van der Waals surface area contributed by atoms with E-state index in [0.717, 1.165) is 6.42 Å². The van der Waals surface area contributed by atoms with Crippen LogP contribution in [0.2, 0.25) is 18.1 Å². The van der Waals surface area contributed by atoms with Gasteiger partial charge in [-0.3, -0.25) is 4.79 Å². The SMILES string of the molecule is CC(=O)[C@@H]1CC=C([Si](C)(C)C(C)(C)C)[C@H]1C. The summed E-state index contributed by atoms with van der Waals surface area (Å²) in [5.41, 5.74) is 0. The van der Waals surface area contributed by atoms with Crippen molar-refractivity contribution in [3.63, 3.8) is 0 Å². The molecule has 0 aromatic heterocycles. The summed E-state index contributed by atoms with van der Waals surface area (Å²) in [5.74, 6) is 1.08. The molecule has 0 fully saturated rings. The van der Waals surface area contributed by atoms with Gasteiger partial charge in [0.15, 0.2) is 0 Å². The lowest BCUT2D eigenvalue weighted by atomic mass is 9.94. The molecule has 2 atom stereocenters. The molecule has 0 aromatic carbocycles. The number of carbonyl (C=O) groups excluding carboxylic acids is 1. The normalized spacial score (nSPS) is 26.8. The van der Waals surface area contributed by atoms with Crippen LogP contribution in [0.4, 0.5) is 0 Å². The average molecular weight is 238 g/mol. The van der Waals surface area contributed by atoms with Crippen molar-refractivity contribution >= 4 is 13.9 Å². The van der Waals surface area contributed by atoms with Gasteiger partial charge in [-0.25, -0.2) is 0 Å². The van der Waals surface area contributed by atoms with Crippen molar-refractivity contribution < 1.29 is 4.79 Å². The van der Waals surface area contributed by atoms with E-state index in [1.807, 2.05) is 0 Å². The van der Waals surface area contributed by atoms with Gasteiger partial charge in [0, 0.05) is 5.92 Å². The topological polar surface area (TPSA) is 17.1 Å². The van der Waals surface area contributed by atoms with Gasteiger partial charge in [-0.2, -0.15) is 0 Å². The molecule has 92 valence electrons. The third kappa shape index (κ3) is 2.17. The van der Waals surface area contributed by atoms with Gasteiger partial charge in [0.05, 0.1) is 8.07 Å². The van der Waals surface area contributed by atoms with Crippen molar-refractivity contribution in [2.75, 3.05) is 0 Å². The first kappa shape index (κ1) is 13.7. The lowest BCUT2D eigenvalue weighted by molar-refractivity contribution is -0.121. The van der Waals surface area contributed by atoms with E-state index in [9.17, 15) is 4.79 Å². The summed E-state index contributed by atoms with van der Waals surface area (Å²) in [4.78, 5) is 11.6. The molecule has 0 radical (unpaired) electrons. The van der Waals surface area contributed by atoms with Crippen molar-refractivity contribution in [2.45, 2.75) is 59.2 Å². The molecular formula is C14H26OSi. The first-order valence-corrected chi connectivity index (χ1v) is 9.30. The Morgan fingerprint density at radius 3 is 2.19 bits per heavy atom. The van der Waals surface area contributed by atoms with E-state index in [2.05, 4.69) is 46.9 Å². The zero-order valence-electron chi connectivity index (χ0n) is 11.8. The molecule has 0 saturated heterocycles. The molecule has 0 aliphatic heterocycles. The molecular weight excluding hydrogens is 212 g/mol. The molecule has 16 heavy (non-hydrogen) atoms. The van der Waals surface area contributed by atoms with E-state index in [4.69, 9.17) is 0 Å². The Hall–Kier alpha value is -0.373. The van der Waals surface area contributed by atoms with Crippen LogP contribution in [0.3, 0.4) is 0 Å². The zero-order valence-corrected chi connectivity index (χ0v) is 12.8. The summed E-state index contributed by atoms with van der Waals surface area (Å²) >= 11 is 0. The minimum absolute atomic E-state index is 0.254. The Morgan fingerprint density at radius 2 is 1.88 bits per heavy atom. The monoisotopic (exact) mass is 238 g/mol. The lowest BCUT2D eigenvalue weighted by Gasteiger charge is -2.40. The van der Waals surface area contributed by atoms with Gasteiger partial charge < -0.3 is 0 Å². The Balaban J connectivity index is 2.97. The highest BCUT2D eigenvalue weighted by atomic mass is 28.3. The molecule has 0 amide bonds. The van der Waals surface area contributed by atoms with E-state index in [1.165, 1.54) is 0 Å². The van der Waals surface area contributed by atoms with Crippen molar-refractivity contribution in [1.82, 2.24) is 0 Å². The molecule has 0 heterocycles. The van der Waals surface area contributed by atoms with Crippen LogP contribution in [0.5, 0.6) is 0 Å². The number of Topliss-reactive ketones (excluding diaryl/α,β-unsaturated/α-hetero) is 1. The second-order valence-corrected chi connectivity index (χ2v) is 12.1. The van der Waals surface area contributed by atoms with Crippen LogP contribution in [0.25, 0.3) is 0 Å². The zero-order chi connectivity index (χ0) is 12.7. The van der Waals surface area contributed by atoms with E-state index >= 15 is 0 Å². The molecule has 1 aliphatic carbocycles. The minimum atomic E-state index is -1.41. The van der Waals surface area contributed by atoms with Crippen LogP contribution >= 0.6 is 0 Å². The first-order valence-electron chi connectivity index (χ1n) is 6.30. The number of allylic oxidation sites excluding steroid dienone is 2. The quantitative estimate of drug-likeness (QED) is 0.659. The molecule has 0 aromatic rings. The predicted molar refractivity (Wildman–Crippen MR) is 73.2 cm³/mol. The van der Waals surface area contributed by atoms with Crippen LogP contribution in [0.15, 0.2) is 11.3 Å². The fraction of sp³-hybridized carbons (Fsp3) is 0.786. The van der Waals surface area contributed by atoms with Crippen LogP contribution in [-0.2, 0) is 4.79 Å². The summed E-state index contributed by atoms with van der Waals surface area (Å²) in [5, 5.41) is 1.99. The third-order valence-electron chi connectivity index (χ3n) is 4.80. The standard InChI is InChI=1S/C14H26OSi/c1-10-12(11(2)15)8-9-13(10)16(6,7)14(3,4)5/h9-10,12H,8H2,1-7H3/t10-,12+/m0/s1. The molecule has 0 saturated carbocycles. The van der Waals surface area contributed by atoms with E-state index < -0.39 is 8.07 Å². The molecule has 0 N–H and O–H groups in total. The Labute approximate surface area is 101 Å². The number of hydrogen-bond donors (Lipinski definition) is 0. The summed E-state index contributed by atoms with van der Waals surface area (Å²) in [6.45, 7) is 15.9. The predicted octanol–water partition coefficient (Wildman–Crippen LogP) is 4.21. The lowest BCUT2D eigenvalue weighted by Crippen LogP contribution is -2.42. The summed E-state index contributed by atoms with van der Waals surface area (Å²) in [7, 11) is -1.41. The van der Waals surface area contributed by atoms with Crippen molar-refractivity contribution in [3.8, 4) is 0 Å². The molecule has 0 spiro atoms. The number of ketones is 1. The largest absolute Gasteiger partial charge is 0.300 e. The van der Waals surface area contributed by atoms with Crippen LogP contribution in [-0.4, -0.2) is 13.9 Å². The van der Waals surface area contributed by atoms with E-state index in [-0.39, 0.29) is 5.92 Å². The maximum atomic E-state index is 11.6. The van der Waals surface area contributed by atoms with Crippen LogP contribution in [0, 0.1) is 11.8 Å². The van der Waals surface area contributed by atoms with Gasteiger partial charge in [0.25, 0.3) is 0 Å². The molecule has 0 unspecified atom stereocenters. The van der Waals surface area contributed by atoms with Gasteiger partial charge in [-0.15, -0.1) is 0 Å². The highest BCUT2D eigenvalue weighted by Gasteiger charge is 2.44. The van der Waals surface area contributed by atoms with Crippen molar-refractivity contribution in [1.29, 1.82) is 0 Å². The minimum Gasteiger partial charge on any atom is -0.300 e. The van der Waals surface area contributed by atoms with Gasteiger partial charge in [0.2, 0.25) is 0 Å². The fourth-order valence-electron chi connectivity index (χ4n) is 2.64. The molecule has 1 nitrogen and oxygen atoms in total. The van der Waals surface area contributed by atoms with Crippen LogP contribution < -0.4 is 0 Å². The molecule has 1 aliphatic rings. The van der Waals surface area contributed by atoms with Gasteiger partial charge >= 0.3 is 0 Å². The molecule has 2 heteroatoms. The van der Waals surface area contributed by atoms with Crippen molar-refractivity contribution in [2.24, 2.45) is 11.8 Å². The van der Waals surface area contributed by atoms with Crippen LogP contribution in [0.1, 0.15) is 41.0 Å². The average Bonchev–Trinajstić information content (AvgIpc) is 2.44. The van der Waals surface area contributed by atoms with Gasteiger partial charge in [-0.05, 0) is 24.3 Å². The highest BCUT2D eigenvalue weighted by Crippen LogP contribution is 2.47. The maximum absolute atomic E-state index is 11.6. The Morgan fingerprint density at radius 1 is 1.38 bits per heavy atom. The second-order valence-electron chi connectivity index (χ2n) is 6.78. The Kier molecular flexibility index (Phi) is 3.54. The summed E-state index contributed by atoms with van der Waals surface area (Å²) < 4.78 is 0. The van der Waals surface area contributed by atoms with E-state index in [0.29, 0.717) is 16.7 Å². The number of hydrogen-bond acceptors (Lipinski definition) is 1. The first-order chi connectivity index (χ1) is 7.09. The molecule has 0 bridgehead atoms. The maximum Gasteiger partial charge on any atom is 0.133 e. The number of carbonyl (C=O) groups is 1. The number of rotatable bonds is 2.